The minimum absolute atomic E-state index is 0.154. The van der Waals surface area contributed by atoms with Gasteiger partial charge in [-0.15, -0.1) is 6.58 Å². The number of imide groups is 1. The summed E-state index contributed by atoms with van der Waals surface area (Å²) in [5, 5.41) is 2.66. The van der Waals surface area contributed by atoms with Crippen LogP contribution < -0.4 is 10.0 Å². The van der Waals surface area contributed by atoms with Gasteiger partial charge in [-0.1, -0.05) is 37.5 Å². The summed E-state index contributed by atoms with van der Waals surface area (Å²) < 4.78 is 26.2. The van der Waals surface area contributed by atoms with Crippen LogP contribution in [0.3, 0.4) is 0 Å². The molecule has 2 aliphatic rings. The number of hydrogen-bond acceptors (Lipinski definition) is 5. The van der Waals surface area contributed by atoms with E-state index >= 15 is 0 Å². The molecule has 1 heterocycles. The molecular weight excluding hydrogens is 420 g/mol. The van der Waals surface area contributed by atoms with Gasteiger partial charge >= 0.3 is 6.03 Å². The van der Waals surface area contributed by atoms with E-state index in [4.69, 9.17) is 0 Å². The molecule has 9 nitrogen and oxygen atoms in total. The van der Waals surface area contributed by atoms with E-state index in [1.165, 1.54) is 11.0 Å². The molecule has 0 aromatic heterocycles. The monoisotopic (exact) mass is 448 g/mol. The number of rotatable bonds is 8. The van der Waals surface area contributed by atoms with E-state index in [9.17, 15) is 22.8 Å². The van der Waals surface area contributed by atoms with Crippen molar-refractivity contribution in [3.63, 3.8) is 0 Å². The van der Waals surface area contributed by atoms with Crippen LogP contribution in [-0.4, -0.2) is 61.7 Å². The van der Waals surface area contributed by atoms with Gasteiger partial charge < -0.3 is 10.2 Å². The number of anilines is 1. The third-order valence-corrected chi connectivity index (χ3v) is 7.15. The maximum absolute atomic E-state index is 13.0. The molecule has 3 rings (SSSR count). The summed E-state index contributed by atoms with van der Waals surface area (Å²) in [6, 6.07) is 5.91. The molecule has 1 spiro atoms. The summed E-state index contributed by atoms with van der Waals surface area (Å²) in [5.74, 6) is -0.987. The highest BCUT2D eigenvalue weighted by Gasteiger charge is 2.55. The van der Waals surface area contributed by atoms with Gasteiger partial charge in [0.2, 0.25) is 15.9 Å². The number of nitrogens with zero attached hydrogens (tertiary/aromatic N) is 2. The van der Waals surface area contributed by atoms with Crippen LogP contribution in [-0.2, 0) is 25.4 Å². The second-order valence-corrected chi connectivity index (χ2v) is 9.77. The minimum atomic E-state index is -3.47. The Morgan fingerprint density at radius 3 is 2.42 bits per heavy atom. The zero-order valence-corrected chi connectivity index (χ0v) is 18.4. The number of benzene rings is 1. The van der Waals surface area contributed by atoms with Gasteiger partial charge in [-0.2, -0.15) is 0 Å². The van der Waals surface area contributed by atoms with E-state index in [0.29, 0.717) is 24.1 Å². The second-order valence-electron chi connectivity index (χ2n) is 7.97. The zero-order chi connectivity index (χ0) is 22.6. The highest BCUT2D eigenvalue weighted by molar-refractivity contribution is 7.88. The minimum Gasteiger partial charge on any atom is -0.325 e. The van der Waals surface area contributed by atoms with Crippen molar-refractivity contribution in [2.45, 2.75) is 43.4 Å². The molecule has 31 heavy (non-hydrogen) atoms. The number of nitrogens with one attached hydrogen (secondary N) is 2. The molecule has 1 aromatic rings. The first-order valence-corrected chi connectivity index (χ1v) is 11.9. The molecule has 0 unspecified atom stereocenters. The van der Waals surface area contributed by atoms with Gasteiger partial charge in [0.15, 0.2) is 0 Å². The van der Waals surface area contributed by atoms with Gasteiger partial charge in [0.25, 0.3) is 5.91 Å². The molecule has 0 radical (unpaired) electrons. The fraction of sp³-hybridized carbons (Fsp3) is 0.476. The lowest BCUT2D eigenvalue weighted by Crippen LogP contribution is -2.49. The van der Waals surface area contributed by atoms with E-state index in [1.807, 2.05) is 0 Å². The van der Waals surface area contributed by atoms with Gasteiger partial charge in [0.1, 0.15) is 12.1 Å². The highest BCUT2D eigenvalue weighted by Crippen LogP contribution is 2.39. The van der Waals surface area contributed by atoms with E-state index in [0.717, 1.165) is 24.2 Å². The maximum Gasteiger partial charge on any atom is 0.327 e. The molecule has 1 aromatic carbocycles. The molecule has 0 bridgehead atoms. The van der Waals surface area contributed by atoms with E-state index in [-0.39, 0.29) is 24.7 Å². The molecule has 168 valence electrons. The first-order chi connectivity index (χ1) is 14.7. The van der Waals surface area contributed by atoms with Crippen LogP contribution in [0.4, 0.5) is 10.5 Å². The van der Waals surface area contributed by atoms with Crippen LogP contribution in [0, 0.1) is 0 Å². The molecule has 1 aliphatic heterocycles. The Balaban J connectivity index is 1.60. The van der Waals surface area contributed by atoms with Crippen molar-refractivity contribution in [1.29, 1.82) is 0 Å². The van der Waals surface area contributed by atoms with Crippen molar-refractivity contribution in [1.82, 2.24) is 14.5 Å². The van der Waals surface area contributed by atoms with Gasteiger partial charge in [0, 0.05) is 19.3 Å². The van der Waals surface area contributed by atoms with Gasteiger partial charge in [-0.3, -0.25) is 14.5 Å². The highest BCUT2D eigenvalue weighted by atomic mass is 32.2. The maximum atomic E-state index is 13.0. The summed E-state index contributed by atoms with van der Waals surface area (Å²) in [4.78, 5) is 40.6. The summed E-state index contributed by atoms with van der Waals surface area (Å²) in [5.41, 5.74) is 0.188. The molecular formula is C21H28N4O5S. The number of carbonyl (C=O) groups excluding carboxylic acids is 3. The van der Waals surface area contributed by atoms with E-state index < -0.39 is 27.5 Å². The number of sulfonamides is 1. The van der Waals surface area contributed by atoms with Crippen molar-refractivity contribution in [2.24, 2.45) is 0 Å². The standard InChI is InChI=1S/C21H28N4O5S/c1-3-13-22-31(29,30)15-16-7-9-17(10-8-16)23-18(26)14-25-19(27)21(24(2)20(25)28)11-5-4-6-12-21/h3,7-10,22H,1,4-6,11-15H2,2H3,(H,23,26). The van der Waals surface area contributed by atoms with Crippen LogP contribution in [0.15, 0.2) is 36.9 Å². The first kappa shape index (κ1) is 23.0. The van der Waals surface area contributed by atoms with Crippen LogP contribution in [0.25, 0.3) is 0 Å². The third kappa shape index (κ3) is 4.96. The number of likely N-dealkylation sites (N-methyl/N-ethyl adjacent to an activating group) is 1. The second kappa shape index (κ2) is 9.19. The number of urea groups is 1. The Kier molecular flexibility index (Phi) is 6.80. The lowest BCUT2D eigenvalue weighted by molar-refractivity contribution is -0.136. The lowest BCUT2D eigenvalue weighted by Gasteiger charge is -2.35. The molecule has 0 atom stereocenters. The van der Waals surface area contributed by atoms with Gasteiger partial charge in [0.05, 0.1) is 5.75 Å². The third-order valence-electron chi connectivity index (χ3n) is 5.83. The smallest absolute Gasteiger partial charge is 0.325 e. The molecule has 2 fully saturated rings. The van der Waals surface area contributed by atoms with Crippen molar-refractivity contribution < 1.29 is 22.8 Å². The molecule has 1 aliphatic carbocycles. The Morgan fingerprint density at radius 1 is 1.16 bits per heavy atom. The van der Waals surface area contributed by atoms with Crippen molar-refractivity contribution in [3.8, 4) is 0 Å². The van der Waals surface area contributed by atoms with Gasteiger partial charge in [-0.25, -0.2) is 17.9 Å². The van der Waals surface area contributed by atoms with E-state index in [2.05, 4.69) is 16.6 Å². The normalized spacial score (nSPS) is 18.5. The van der Waals surface area contributed by atoms with Crippen LogP contribution in [0.2, 0.25) is 0 Å². The summed E-state index contributed by atoms with van der Waals surface area (Å²) in [6.45, 7) is 3.27. The fourth-order valence-corrected chi connectivity index (χ4v) is 5.26. The van der Waals surface area contributed by atoms with Gasteiger partial charge in [-0.05, 0) is 30.5 Å². The topological polar surface area (TPSA) is 116 Å². The number of hydrogen-bond donors (Lipinski definition) is 2. The Hall–Kier alpha value is -2.72. The Bertz CT molecular complexity index is 968. The Morgan fingerprint density at radius 2 is 1.81 bits per heavy atom. The average Bonchev–Trinajstić information content (AvgIpc) is 2.90. The SMILES string of the molecule is C=CCNS(=O)(=O)Cc1ccc(NC(=O)CN2C(=O)N(C)C3(CCCCC3)C2=O)cc1. The summed E-state index contributed by atoms with van der Waals surface area (Å²) in [6.07, 6.45) is 5.51. The first-order valence-electron chi connectivity index (χ1n) is 10.3. The molecule has 2 N–H and O–H groups in total. The van der Waals surface area contributed by atoms with Crippen molar-refractivity contribution >= 4 is 33.6 Å². The molecule has 4 amide bonds. The van der Waals surface area contributed by atoms with Crippen LogP contribution >= 0.6 is 0 Å². The van der Waals surface area contributed by atoms with Crippen molar-refractivity contribution in [2.75, 3.05) is 25.5 Å². The number of amides is 4. The molecule has 10 heteroatoms. The molecule has 1 saturated carbocycles. The predicted octanol–water partition coefficient (Wildman–Crippen LogP) is 1.83. The summed E-state index contributed by atoms with van der Waals surface area (Å²) >= 11 is 0. The Labute approximate surface area is 182 Å². The largest absolute Gasteiger partial charge is 0.327 e. The van der Waals surface area contributed by atoms with Crippen LogP contribution in [0.1, 0.15) is 37.7 Å². The predicted molar refractivity (Wildman–Crippen MR) is 117 cm³/mol. The fourth-order valence-electron chi connectivity index (χ4n) is 4.16. The quantitative estimate of drug-likeness (QED) is 0.465. The lowest BCUT2D eigenvalue weighted by atomic mass is 9.81. The summed E-state index contributed by atoms with van der Waals surface area (Å²) in [7, 11) is -1.85. The zero-order valence-electron chi connectivity index (χ0n) is 17.6. The van der Waals surface area contributed by atoms with Crippen LogP contribution in [0.5, 0.6) is 0 Å². The number of carbonyl (C=O) groups is 3. The van der Waals surface area contributed by atoms with Crippen molar-refractivity contribution in [3.05, 3.63) is 42.5 Å². The van der Waals surface area contributed by atoms with E-state index in [1.54, 1.807) is 31.3 Å². The average molecular weight is 449 g/mol. The molecule has 1 saturated heterocycles.